The van der Waals surface area contributed by atoms with Crippen molar-refractivity contribution in [2.75, 3.05) is 24.5 Å². The number of fused-ring (bicyclic) bond motifs is 3. The minimum atomic E-state index is -1.03. The molecule has 27 heavy (non-hydrogen) atoms. The van der Waals surface area contributed by atoms with Gasteiger partial charge in [-0.3, -0.25) is 4.90 Å². The topological polar surface area (TPSA) is 43.8 Å². The first kappa shape index (κ1) is 18.5. The third-order valence-corrected chi connectivity index (χ3v) is 6.35. The van der Waals surface area contributed by atoms with Crippen LogP contribution in [0.5, 0.6) is 0 Å². The predicted octanol–water partition coefficient (Wildman–Crippen LogP) is 5.38. The summed E-state index contributed by atoms with van der Waals surface area (Å²) in [5.74, 6) is -0.114. The fourth-order valence-corrected chi connectivity index (χ4v) is 4.56. The molecule has 3 saturated heterocycles. The van der Waals surface area contributed by atoms with Gasteiger partial charge in [0.25, 0.3) is 0 Å². The SMILES string of the molecule is O=C(O)N(c1ccc(F)cc1-c1ccc(Cl)c(Cl)c1)C1CN2CCC1CC2. The Labute approximate surface area is 167 Å². The molecule has 0 aromatic heterocycles. The van der Waals surface area contributed by atoms with Gasteiger partial charge in [0.15, 0.2) is 0 Å². The van der Waals surface area contributed by atoms with E-state index in [1.165, 1.54) is 17.0 Å². The average Bonchev–Trinajstić information content (AvgIpc) is 2.66. The minimum absolute atomic E-state index is 0.142. The second-order valence-corrected chi connectivity index (χ2v) is 7.96. The van der Waals surface area contributed by atoms with Crippen molar-refractivity contribution in [3.8, 4) is 11.1 Å². The Hall–Kier alpha value is -1.82. The number of benzene rings is 2. The van der Waals surface area contributed by atoms with E-state index < -0.39 is 11.9 Å². The van der Waals surface area contributed by atoms with Gasteiger partial charge in [-0.1, -0.05) is 29.3 Å². The second kappa shape index (κ2) is 7.30. The molecule has 2 aromatic rings. The van der Waals surface area contributed by atoms with Crippen LogP contribution in [0, 0.1) is 11.7 Å². The van der Waals surface area contributed by atoms with Crippen LogP contribution >= 0.6 is 23.2 Å². The first-order valence-electron chi connectivity index (χ1n) is 8.93. The fourth-order valence-electron chi connectivity index (χ4n) is 4.26. The lowest BCUT2D eigenvalue weighted by atomic mass is 9.82. The lowest BCUT2D eigenvalue weighted by Crippen LogP contribution is -2.58. The number of hydrogen-bond donors (Lipinski definition) is 1. The van der Waals surface area contributed by atoms with Crippen LogP contribution in [0.25, 0.3) is 11.1 Å². The molecule has 1 N–H and O–H groups in total. The number of halogens is 3. The smallest absolute Gasteiger partial charge is 0.412 e. The van der Waals surface area contributed by atoms with Crippen molar-refractivity contribution in [2.24, 2.45) is 5.92 Å². The summed E-state index contributed by atoms with van der Waals surface area (Å²) in [6.07, 6.45) is 0.942. The van der Waals surface area contributed by atoms with Crippen molar-refractivity contribution in [1.82, 2.24) is 4.90 Å². The summed E-state index contributed by atoms with van der Waals surface area (Å²) in [6, 6.07) is 9.05. The number of carboxylic acid groups (broad SMARTS) is 1. The van der Waals surface area contributed by atoms with Crippen LogP contribution in [0.15, 0.2) is 36.4 Å². The molecule has 5 rings (SSSR count). The molecule has 1 unspecified atom stereocenters. The van der Waals surface area contributed by atoms with E-state index in [-0.39, 0.29) is 6.04 Å². The Morgan fingerprint density at radius 2 is 1.85 bits per heavy atom. The molecule has 1 amide bonds. The molecule has 0 radical (unpaired) electrons. The van der Waals surface area contributed by atoms with Gasteiger partial charge < -0.3 is 10.0 Å². The highest BCUT2D eigenvalue weighted by atomic mass is 35.5. The van der Waals surface area contributed by atoms with Gasteiger partial charge >= 0.3 is 6.09 Å². The van der Waals surface area contributed by atoms with E-state index in [0.29, 0.717) is 39.3 Å². The van der Waals surface area contributed by atoms with Gasteiger partial charge in [0.05, 0.1) is 21.8 Å². The van der Waals surface area contributed by atoms with Gasteiger partial charge in [-0.05, 0) is 67.7 Å². The summed E-state index contributed by atoms with van der Waals surface area (Å²) in [7, 11) is 0. The largest absolute Gasteiger partial charge is 0.465 e. The number of amides is 1. The van der Waals surface area contributed by atoms with Gasteiger partial charge in [0, 0.05) is 12.1 Å². The first-order valence-corrected chi connectivity index (χ1v) is 9.69. The average molecular weight is 409 g/mol. The van der Waals surface area contributed by atoms with E-state index in [4.69, 9.17) is 23.2 Å². The van der Waals surface area contributed by atoms with E-state index in [9.17, 15) is 14.3 Å². The molecular weight excluding hydrogens is 390 g/mol. The molecule has 1 atom stereocenters. The number of carbonyl (C=O) groups is 1. The number of anilines is 1. The Kier molecular flexibility index (Phi) is 5.01. The fraction of sp³-hybridized carbons (Fsp3) is 0.350. The summed E-state index contributed by atoms with van der Waals surface area (Å²) in [6.45, 7) is 2.73. The summed E-state index contributed by atoms with van der Waals surface area (Å²) in [5.41, 5.74) is 1.60. The van der Waals surface area contributed by atoms with Crippen LogP contribution in [0.1, 0.15) is 12.8 Å². The van der Waals surface area contributed by atoms with Crippen molar-refractivity contribution >= 4 is 35.0 Å². The molecule has 3 heterocycles. The summed E-state index contributed by atoms with van der Waals surface area (Å²) in [4.78, 5) is 15.9. The van der Waals surface area contributed by atoms with Crippen LogP contribution < -0.4 is 4.90 Å². The van der Waals surface area contributed by atoms with Crippen molar-refractivity contribution < 1.29 is 14.3 Å². The van der Waals surface area contributed by atoms with E-state index in [0.717, 1.165) is 25.9 Å². The van der Waals surface area contributed by atoms with Gasteiger partial charge in [-0.15, -0.1) is 0 Å². The summed E-state index contributed by atoms with van der Waals surface area (Å²) in [5, 5.41) is 10.7. The lowest BCUT2D eigenvalue weighted by molar-refractivity contribution is 0.0837. The lowest BCUT2D eigenvalue weighted by Gasteiger charge is -2.48. The minimum Gasteiger partial charge on any atom is -0.465 e. The standard InChI is InChI=1S/C20H19Cl2FN2O2/c21-16-3-1-13(9-17(16)22)15-10-14(23)2-4-18(15)25(20(26)27)19-11-24-7-5-12(19)6-8-24/h1-4,9-10,12,19H,5-8,11H2,(H,26,27). The quantitative estimate of drug-likeness (QED) is 0.741. The Bertz CT molecular complexity index is 884. The molecule has 2 bridgehead atoms. The molecule has 2 aromatic carbocycles. The molecule has 3 aliphatic rings. The molecule has 3 aliphatic heterocycles. The third kappa shape index (κ3) is 3.51. The molecule has 0 aliphatic carbocycles. The van der Waals surface area contributed by atoms with Crippen LogP contribution in [0.3, 0.4) is 0 Å². The zero-order chi connectivity index (χ0) is 19.1. The zero-order valence-electron chi connectivity index (χ0n) is 14.5. The Morgan fingerprint density at radius 3 is 2.44 bits per heavy atom. The number of rotatable bonds is 3. The van der Waals surface area contributed by atoms with Crippen molar-refractivity contribution in [2.45, 2.75) is 18.9 Å². The van der Waals surface area contributed by atoms with Crippen LogP contribution in [-0.4, -0.2) is 41.8 Å². The Morgan fingerprint density at radius 1 is 1.11 bits per heavy atom. The summed E-state index contributed by atoms with van der Waals surface area (Å²) >= 11 is 12.1. The van der Waals surface area contributed by atoms with Gasteiger partial charge in [0.2, 0.25) is 0 Å². The van der Waals surface area contributed by atoms with E-state index in [2.05, 4.69) is 4.90 Å². The highest BCUT2D eigenvalue weighted by Crippen LogP contribution is 2.39. The first-order chi connectivity index (χ1) is 12.9. The normalized spacial score (nSPS) is 24.0. The molecule has 3 fully saturated rings. The molecule has 142 valence electrons. The predicted molar refractivity (Wildman–Crippen MR) is 105 cm³/mol. The summed E-state index contributed by atoms with van der Waals surface area (Å²) < 4.78 is 14.0. The zero-order valence-corrected chi connectivity index (χ0v) is 16.0. The molecule has 0 saturated carbocycles. The Balaban J connectivity index is 1.81. The van der Waals surface area contributed by atoms with Crippen LogP contribution in [0.4, 0.5) is 14.9 Å². The van der Waals surface area contributed by atoms with Crippen molar-refractivity contribution in [3.05, 3.63) is 52.3 Å². The van der Waals surface area contributed by atoms with E-state index in [1.807, 2.05) is 0 Å². The molecular formula is C20H19Cl2FN2O2. The maximum Gasteiger partial charge on any atom is 0.412 e. The van der Waals surface area contributed by atoms with Crippen LogP contribution in [0.2, 0.25) is 10.0 Å². The van der Waals surface area contributed by atoms with Gasteiger partial charge in [0.1, 0.15) is 5.82 Å². The number of piperidine rings is 3. The van der Waals surface area contributed by atoms with Crippen molar-refractivity contribution in [1.29, 1.82) is 0 Å². The van der Waals surface area contributed by atoms with E-state index in [1.54, 1.807) is 24.3 Å². The monoisotopic (exact) mass is 408 g/mol. The number of hydrogen-bond acceptors (Lipinski definition) is 2. The van der Waals surface area contributed by atoms with Crippen LogP contribution in [-0.2, 0) is 0 Å². The maximum absolute atomic E-state index is 14.0. The third-order valence-electron chi connectivity index (χ3n) is 5.61. The molecule has 0 spiro atoms. The van der Waals surface area contributed by atoms with E-state index >= 15 is 0 Å². The highest BCUT2D eigenvalue weighted by molar-refractivity contribution is 6.42. The maximum atomic E-state index is 14.0. The number of nitrogens with zero attached hydrogens (tertiary/aromatic N) is 2. The second-order valence-electron chi connectivity index (χ2n) is 7.15. The molecule has 4 nitrogen and oxygen atoms in total. The van der Waals surface area contributed by atoms with Gasteiger partial charge in [-0.2, -0.15) is 0 Å². The van der Waals surface area contributed by atoms with Gasteiger partial charge in [-0.25, -0.2) is 9.18 Å². The molecule has 7 heteroatoms. The highest BCUT2D eigenvalue weighted by Gasteiger charge is 2.40. The van der Waals surface area contributed by atoms with Crippen molar-refractivity contribution in [3.63, 3.8) is 0 Å².